The average Bonchev–Trinajstić information content (AvgIpc) is 2.71. The number of ether oxygens (including phenoxy) is 1. The first kappa shape index (κ1) is 18.5. The highest BCUT2D eigenvalue weighted by Crippen LogP contribution is 2.43. The maximum atomic E-state index is 10.0. The molecule has 1 aromatic carbocycles. The van der Waals surface area contributed by atoms with Crippen LogP contribution >= 0.6 is 0 Å². The maximum absolute atomic E-state index is 10.0. The predicted octanol–water partition coefficient (Wildman–Crippen LogP) is 4.69. The van der Waals surface area contributed by atoms with Crippen LogP contribution < -0.4 is 0 Å². The molecular formula is C23H30N2O2. The Kier molecular flexibility index (Phi) is 5.46. The fourth-order valence-electron chi connectivity index (χ4n) is 4.86. The molecule has 0 aliphatic carbocycles. The van der Waals surface area contributed by atoms with Crippen molar-refractivity contribution in [2.45, 2.75) is 44.8 Å². The van der Waals surface area contributed by atoms with Crippen molar-refractivity contribution in [3.8, 4) is 5.75 Å². The lowest BCUT2D eigenvalue weighted by molar-refractivity contribution is -0.0752. The number of phenolic OH excluding ortho intramolecular Hbond substituents is 1. The van der Waals surface area contributed by atoms with Crippen LogP contribution in [-0.4, -0.2) is 40.7 Å². The second-order valence-electron chi connectivity index (χ2n) is 7.99. The number of nitrogens with zero attached hydrogens (tertiary/aromatic N) is 2. The molecule has 0 saturated carbocycles. The first-order valence-corrected chi connectivity index (χ1v) is 10.3. The van der Waals surface area contributed by atoms with E-state index in [0.717, 1.165) is 55.4 Å². The number of hydrogen-bond donors (Lipinski definition) is 1. The lowest BCUT2D eigenvalue weighted by Crippen LogP contribution is -2.55. The van der Waals surface area contributed by atoms with Crippen molar-refractivity contribution in [2.75, 3.05) is 19.7 Å². The van der Waals surface area contributed by atoms with Crippen LogP contribution in [-0.2, 0) is 4.74 Å². The summed E-state index contributed by atoms with van der Waals surface area (Å²) in [7, 11) is 0. The van der Waals surface area contributed by atoms with Crippen LogP contribution in [0.15, 0.2) is 43.1 Å². The summed E-state index contributed by atoms with van der Waals surface area (Å²) >= 11 is 0. The van der Waals surface area contributed by atoms with Crippen LogP contribution in [0.25, 0.3) is 10.9 Å². The van der Waals surface area contributed by atoms with Crippen LogP contribution in [0.2, 0.25) is 0 Å². The standard InChI is InChI=1S/C23H30N2O2/c1-3-5-12-27-23(22-13-17-9-11-25(22)15-16(17)4-2)19-8-10-24-21-7-6-18(26)14-20(19)21/h4,6-8,10,14,16-17,22-23,26H,2-3,5,9,11-13,15H2,1H3/t16?,17?,22?,23-/m0/s1. The number of fused-ring (bicyclic) bond motifs is 4. The maximum Gasteiger partial charge on any atom is 0.116 e. The Morgan fingerprint density at radius 2 is 2.30 bits per heavy atom. The molecule has 4 nitrogen and oxygen atoms in total. The second kappa shape index (κ2) is 7.99. The molecule has 0 radical (unpaired) electrons. The zero-order valence-electron chi connectivity index (χ0n) is 16.2. The molecule has 27 heavy (non-hydrogen) atoms. The number of rotatable bonds is 7. The summed E-state index contributed by atoms with van der Waals surface area (Å²) in [6.45, 7) is 9.23. The first-order chi connectivity index (χ1) is 13.2. The summed E-state index contributed by atoms with van der Waals surface area (Å²) in [6.07, 6.45) is 8.62. The SMILES string of the molecule is C=CC1CN2CCC1CC2[C@@H](OCCCC)c1ccnc2ccc(O)cc12. The molecule has 3 saturated heterocycles. The number of hydrogen-bond acceptors (Lipinski definition) is 4. The van der Waals surface area contributed by atoms with Crippen molar-refractivity contribution in [3.05, 3.63) is 48.7 Å². The van der Waals surface area contributed by atoms with E-state index in [1.165, 1.54) is 6.42 Å². The summed E-state index contributed by atoms with van der Waals surface area (Å²) in [5.74, 6) is 1.59. The zero-order chi connectivity index (χ0) is 18.8. The largest absolute Gasteiger partial charge is 0.508 e. The Morgan fingerprint density at radius 3 is 3.04 bits per heavy atom. The molecule has 4 unspecified atom stereocenters. The van der Waals surface area contributed by atoms with Crippen LogP contribution in [0.1, 0.15) is 44.3 Å². The number of unbranched alkanes of at least 4 members (excludes halogenated alkanes) is 1. The first-order valence-electron chi connectivity index (χ1n) is 10.3. The molecule has 2 aromatic rings. The van der Waals surface area contributed by atoms with Crippen molar-refractivity contribution in [2.24, 2.45) is 11.8 Å². The minimum absolute atomic E-state index is 0.0115. The van der Waals surface area contributed by atoms with Gasteiger partial charge >= 0.3 is 0 Å². The van der Waals surface area contributed by atoms with E-state index >= 15 is 0 Å². The van der Waals surface area contributed by atoms with E-state index in [9.17, 15) is 5.11 Å². The molecule has 1 N–H and O–H groups in total. The Labute approximate surface area is 161 Å². The average molecular weight is 367 g/mol. The van der Waals surface area contributed by atoms with Gasteiger partial charge in [0.05, 0.1) is 11.6 Å². The number of phenols is 1. The predicted molar refractivity (Wildman–Crippen MR) is 109 cm³/mol. The summed E-state index contributed by atoms with van der Waals surface area (Å²) in [4.78, 5) is 7.08. The molecule has 5 rings (SSSR count). The van der Waals surface area contributed by atoms with Gasteiger partial charge in [-0.1, -0.05) is 19.4 Å². The lowest BCUT2D eigenvalue weighted by atomic mass is 9.73. The van der Waals surface area contributed by atoms with Crippen molar-refractivity contribution >= 4 is 10.9 Å². The van der Waals surface area contributed by atoms with Gasteiger partial charge in [-0.25, -0.2) is 0 Å². The van der Waals surface area contributed by atoms with Gasteiger partial charge in [0.2, 0.25) is 0 Å². The van der Waals surface area contributed by atoms with E-state index in [1.54, 1.807) is 6.07 Å². The summed E-state index contributed by atoms with van der Waals surface area (Å²) in [6, 6.07) is 7.87. The van der Waals surface area contributed by atoms with Crippen LogP contribution in [0.5, 0.6) is 5.75 Å². The van der Waals surface area contributed by atoms with Crippen LogP contribution in [0, 0.1) is 11.8 Å². The summed E-state index contributed by atoms with van der Waals surface area (Å²) in [5.41, 5.74) is 2.06. The van der Waals surface area contributed by atoms with Gasteiger partial charge in [-0.15, -0.1) is 6.58 Å². The van der Waals surface area contributed by atoms with Gasteiger partial charge in [0.1, 0.15) is 5.75 Å². The lowest BCUT2D eigenvalue weighted by Gasteiger charge is -2.51. The highest BCUT2D eigenvalue weighted by molar-refractivity contribution is 5.83. The van der Waals surface area contributed by atoms with Gasteiger partial charge in [-0.05, 0) is 67.5 Å². The number of benzene rings is 1. The highest BCUT2D eigenvalue weighted by atomic mass is 16.5. The molecule has 4 heterocycles. The molecule has 1 aromatic heterocycles. The number of piperidine rings is 3. The smallest absolute Gasteiger partial charge is 0.116 e. The quantitative estimate of drug-likeness (QED) is 0.570. The molecule has 0 amide bonds. The third-order valence-electron chi connectivity index (χ3n) is 6.36. The Bertz CT molecular complexity index is 806. The van der Waals surface area contributed by atoms with E-state index < -0.39 is 0 Å². The van der Waals surface area contributed by atoms with Crippen molar-refractivity contribution in [3.63, 3.8) is 0 Å². The van der Waals surface area contributed by atoms with Gasteiger partial charge in [-0.2, -0.15) is 0 Å². The number of pyridine rings is 1. The summed E-state index contributed by atoms with van der Waals surface area (Å²) in [5, 5.41) is 11.0. The van der Waals surface area contributed by atoms with E-state index in [2.05, 4.69) is 35.5 Å². The molecule has 5 atom stereocenters. The Hall–Kier alpha value is -1.91. The van der Waals surface area contributed by atoms with E-state index in [-0.39, 0.29) is 11.9 Å². The highest BCUT2D eigenvalue weighted by Gasteiger charge is 2.43. The third kappa shape index (κ3) is 3.61. The van der Waals surface area contributed by atoms with E-state index in [1.807, 2.05) is 18.3 Å². The Balaban J connectivity index is 1.70. The van der Waals surface area contributed by atoms with Gasteiger partial charge in [0, 0.05) is 30.8 Å². The van der Waals surface area contributed by atoms with Gasteiger partial charge in [0.25, 0.3) is 0 Å². The summed E-state index contributed by atoms with van der Waals surface area (Å²) < 4.78 is 6.50. The minimum Gasteiger partial charge on any atom is -0.508 e. The van der Waals surface area contributed by atoms with Crippen molar-refractivity contribution in [1.29, 1.82) is 0 Å². The number of aromatic nitrogens is 1. The third-order valence-corrected chi connectivity index (χ3v) is 6.36. The fourth-order valence-corrected chi connectivity index (χ4v) is 4.86. The zero-order valence-corrected chi connectivity index (χ0v) is 16.2. The van der Waals surface area contributed by atoms with Gasteiger partial charge in [0.15, 0.2) is 0 Å². The molecule has 3 aliphatic rings. The normalized spacial score (nSPS) is 28.3. The van der Waals surface area contributed by atoms with E-state index in [4.69, 9.17) is 4.74 Å². The molecule has 4 heteroatoms. The molecule has 144 valence electrons. The minimum atomic E-state index is 0.0115. The molecule has 3 fully saturated rings. The van der Waals surface area contributed by atoms with Crippen molar-refractivity contribution in [1.82, 2.24) is 9.88 Å². The van der Waals surface area contributed by atoms with E-state index in [0.29, 0.717) is 17.9 Å². The topological polar surface area (TPSA) is 45.6 Å². The molecule has 2 bridgehead atoms. The van der Waals surface area contributed by atoms with Crippen LogP contribution in [0.4, 0.5) is 0 Å². The monoisotopic (exact) mass is 366 g/mol. The fraction of sp³-hybridized carbons (Fsp3) is 0.522. The van der Waals surface area contributed by atoms with Gasteiger partial charge in [-0.3, -0.25) is 9.88 Å². The van der Waals surface area contributed by atoms with Crippen LogP contribution in [0.3, 0.4) is 0 Å². The van der Waals surface area contributed by atoms with Crippen molar-refractivity contribution < 1.29 is 9.84 Å². The second-order valence-corrected chi connectivity index (χ2v) is 7.99. The molecular weight excluding hydrogens is 336 g/mol. The molecule has 0 spiro atoms. The Morgan fingerprint density at radius 1 is 1.41 bits per heavy atom. The van der Waals surface area contributed by atoms with Gasteiger partial charge < -0.3 is 9.84 Å². The molecule has 3 aliphatic heterocycles. The number of aromatic hydroxyl groups is 1.